The van der Waals surface area contributed by atoms with Gasteiger partial charge in [0.05, 0.1) is 12.0 Å². The fourth-order valence-electron chi connectivity index (χ4n) is 3.12. The Balaban J connectivity index is 1.98. The molecule has 4 nitrogen and oxygen atoms in total. The molecule has 2 N–H and O–H groups in total. The number of aryl methyl sites for hydroxylation is 2. The molecule has 1 fully saturated rings. The average molecular weight is 289 g/mol. The molecule has 0 heterocycles. The molecule has 21 heavy (non-hydrogen) atoms. The third-order valence-electron chi connectivity index (χ3n) is 4.26. The van der Waals surface area contributed by atoms with E-state index in [2.05, 4.69) is 23.5 Å². The molecule has 4 heteroatoms. The molecule has 1 saturated carbocycles. The molecule has 2 rings (SSSR count). The first-order valence-electron chi connectivity index (χ1n) is 7.48. The van der Waals surface area contributed by atoms with Crippen molar-refractivity contribution in [2.24, 2.45) is 11.8 Å². The summed E-state index contributed by atoms with van der Waals surface area (Å²) in [6, 6.07) is 6.20. The summed E-state index contributed by atoms with van der Waals surface area (Å²) in [7, 11) is 0. The van der Waals surface area contributed by atoms with Crippen molar-refractivity contribution >= 4 is 11.9 Å². The van der Waals surface area contributed by atoms with Crippen LogP contribution >= 0.6 is 0 Å². The second-order valence-electron chi connectivity index (χ2n) is 6.20. The maximum Gasteiger partial charge on any atom is 0.306 e. The molecule has 0 saturated heterocycles. The summed E-state index contributed by atoms with van der Waals surface area (Å²) in [6.45, 7) is 6.05. The van der Waals surface area contributed by atoms with Gasteiger partial charge >= 0.3 is 5.97 Å². The van der Waals surface area contributed by atoms with Gasteiger partial charge in [-0.1, -0.05) is 29.3 Å². The minimum absolute atomic E-state index is 0.0228. The van der Waals surface area contributed by atoms with Crippen LogP contribution in [0.3, 0.4) is 0 Å². The van der Waals surface area contributed by atoms with E-state index < -0.39 is 5.97 Å². The zero-order chi connectivity index (χ0) is 15.6. The van der Waals surface area contributed by atoms with Crippen LogP contribution < -0.4 is 5.32 Å². The van der Waals surface area contributed by atoms with Gasteiger partial charge < -0.3 is 10.4 Å². The zero-order valence-corrected chi connectivity index (χ0v) is 12.8. The molecule has 1 unspecified atom stereocenters. The molecule has 0 aromatic heterocycles. The maximum absolute atomic E-state index is 12.3. The molecule has 1 aromatic carbocycles. The second-order valence-corrected chi connectivity index (χ2v) is 6.20. The molecule has 114 valence electrons. The summed E-state index contributed by atoms with van der Waals surface area (Å²) in [5, 5.41) is 12.0. The van der Waals surface area contributed by atoms with Crippen LogP contribution in [0.2, 0.25) is 0 Å². The molecule has 1 aliphatic carbocycles. The smallest absolute Gasteiger partial charge is 0.306 e. The third-order valence-corrected chi connectivity index (χ3v) is 4.26. The minimum Gasteiger partial charge on any atom is -0.481 e. The normalized spacial score (nSPS) is 22.8. The van der Waals surface area contributed by atoms with E-state index in [-0.39, 0.29) is 23.8 Å². The number of carbonyl (C=O) groups excluding carboxylic acids is 1. The summed E-state index contributed by atoms with van der Waals surface area (Å²) >= 11 is 0. The van der Waals surface area contributed by atoms with Crippen LogP contribution in [0, 0.1) is 25.7 Å². The van der Waals surface area contributed by atoms with Gasteiger partial charge in [-0.2, -0.15) is 0 Å². The van der Waals surface area contributed by atoms with Crippen molar-refractivity contribution in [3.63, 3.8) is 0 Å². The van der Waals surface area contributed by atoms with Crippen LogP contribution in [0.1, 0.15) is 48.9 Å². The van der Waals surface area contributed by atoms with Crippen LogP contribution in [0.5, 0.6) is 0 Å². The summed E-state index contributed by atoms with van der Waals surface area (Å²) < 4.78 is 0. The van der Waals surface area contributed by atoms with Gasteiger partial charge in [-0.25, -0.2) is 0 Å². The van der Waals surface area contributed by atoms with Crippen molar-refractivity contribution in [2.45, 2.75) is 46.1 Å². The second kappa shape index (κ2) is 6.29. The predicted molar refractivity (Wildman–Crippen MR) is 80.9 cm³/mol. The number of hydrogen-bond donors (Lipinski definition) is 2. The molecule has 3 atom stereocenters. The molecule has 1 aromatic rings. The number of hydrogen-bond acceptors (Lipinski definition) is 2. The molecular formula is C17H23NO3. The molecule has 1 aliphatic rings. The fourth-order valence-corrected chi connectivity index (χ4v) is 3.12. The van der Waals surface area contributed by atoms with E-state index >= 15 is 0 Å². The van der Waals surface area contributed by atoms with Crippen molar-refractivity contribution in [2.75, 3.05) is 0 Å². The molecule has 0 spiro atoms. The monoisotopic (exact) mass is 289 g/mol. The maximum atomic E-state index is 12.3. The van der Waals surface area contributed by atoms with E-state index in [0.29, 0.717) is 19.3 Å². The Kier molecular flexibility index (Phi) is 4.66. The quantitative estimate of drug-likeness (QED) is 0.895. The first kappa shape index (κ1) is 15.5. The van der Waals surface area contributed by atoms with Crippen LogP contribution in [0.25, 0.3) is 0 Å². The number of benzene rings is 1. The van der Waals surface area contributed by atoms with Crippen LogP contribution in [0.4, 0.5) is 0 Å². The molecule has 0 radical (unpaired) electrons. The number of aliphatic carboxylic acids is 1. The molecular weight excluding hydrogens is 266 g/mol. The van der Waals surface area contributed by atoms with Crippen LogP contribution in [0.15, 0.2) is 18.2 Å². The predicted octanol–water partition coefficient (Wildman–Crippen LogP) is 2.98. The highest BCUT2D eigenvalue weighted by molar-refractivity contribution is 5.81. The van der Waals surface area contributed by atoms with Gasteiger partial charge in [-0.05, 0) is 45.6 Å². The topological polar surface area (TPSA) is 66.4 Å². The van der Waals surface area contributed by atoms with Gasteiger partial charge in [0.15, 0.2) is 0 Å². The number of nitrogens with one attached hydrogen (secondary N) is 1. The zero-order valence-electron chi connectivity index (χ0n) is 12.8. The Hall–Kier alpha value is -1.84. The van der Waals surface area contributed by atoms with Gasteiger partial charge in [0.1, 0.15) is 0 Å². The highest BCUT2D eigenvalue weighted by atomic mass is 16.4. The van der Waals surface area contributed by atoms with Gasteiger partial charge in [0.2, 0.25) is 5.91 Å². The molecule has 0 bridgehead atoms. The Labute approximate surface area is 125 Å². The Morgan fingerprint density at radius 1 is 1.14 bits per heavy atom. The van der Waals surface area contributed by atoms with Gasteiger partial charge in [-0.3, -0.25) is 9.59 Å². The lowest BCUT2D eigenvalue weighted by molar-refractivity contribution is -0.141. The highest BCUT2D eigenvalue weighted by Gasteiger charge is 2.34. The van der Waals surface area contributed by atoms with E-state index in [1.165, 1.54) is 11.1 Å². The van der Waals surface area contributed by atoms with Crippen molar-refractivity contribution in [3.8, 4) is 0 Å². The SMILES string of the molecule is Cc1cc(C)cc(C(C)NC(=O)[C@@H]2CC[C@H](C(=O)O)C2)c1. The summed E-state index contributed by atoms with van der Waals surface area (Å²) in [6.07, 6.45) is 1.73. The lowest BCUT2D eigenvalue weighted by Gasteiger charge is -2.18. The highest BCUT2D eigenvalue weighted by Crippen LogP contribution is 2.31. The van der Waals surface area contributed by atoms with Gasteiger partial charge in [0, 0.05) is 5.92 Å². The van der Waals surface area contributed by atoms with E-state index in [9.17, 15) is 9.59 Å². The minimum atomic E-state index is -0.785. The number of amides is 1. The van der Waals surface area contributed by atoms with E-state index in [4.69, 9.17) is 5.11 Å². The van der Waals surface area contributed by atoms with E-state index in [1.54, 1.807) is 0 Å². The lowest BCUT2D eigenvalue weighted by atomic mass is 10.0. The number of rotatable bonds is 4. The summed E-state index contributed by atoms with van der Waals surface area (Å²) in [4.78, 5) is 23.2. The van der Waals surface area contributed by atoms with Crippen molar-refractivity contribution in [3.05, 3.63) is 34.9 Å². The van der Waals surface area contributed by atoms with E-state index in [0.717, 1.165) is 5.56 Å². The Bertz CT molecular complexity index is 533. The standard InChI is InChI=1S/C17H23NO3/c1-10-6-11(2)8-15(7-10)12(3)18-16(19)13-4-5-14(9-13)17(20)21/h6-8,12-14H,4-5,9H2,1-3H3,(H,18,19)(H,20,21)/t12?,13-,14+/m1/s1. The number of carboxylic acids is 1. The van der Waals surface area contributed by atoms with Gasteiger partial charge in [0.25, 0.3) is 0 Å². The van der Waals surface area contributed by atoms with Crippen molar-refractivity contribution in [1.29, 1.82) is 0 Å². The summed E-state index contributed by atoms with van der Waals surface area (Å²) in [5.41, 5.74) is 3.45. The largest absolute Gasteiger partial charge is 0.481 e. The van der Waals surface area contributed by atoms with Crippen molar-refractivity contribution in [1.82, 2.24) is 5.32 Å². The molecule has 1 amide bonds. The number of carbonyl (C=O) groups is 2. The third kappa shape index (κ3) is 3.84. The van der Waals surface area contributed by atoms with Crippen LogP contribution in [-0.4, -0.2) is 17.0 Å². The molecule has 0 aliphatic heterocycles. The average Bonchev–Trinajstić information content (AvgIpc) is 2.87. The first-order valence-corrected chi connectivity index (χ1v) is 7.48. The number of carboxylic acid groups (broad SMARTS) is 1. The first-order chi connectivity index (χ1) is 9.86. The van der Waals surface area contributed by atoms with Crippen LogP contribution in [-0.2, 0) is 9.59 Å². The fraction of sp³-hybridized carbons (Fsp3) is 0.529. The summed E-state index contributed by atoms with van der Waals surface area (Å²) in [5.74, 6) is -1.34. The Morgan fingerprint density at radius 3 is 2.24 bits per heavy atom. The van der Waals surface area contributed by atoms with Gasteiger partial charge in [-0.15, -0.1) is 0 Å². The van der Waals surface area contributed by atoms with E-state index in [1.807, 2.05) is 20.8 Å². The van der Waals surface area contributed by atoms with Crippen molar-refractivity contribution < 1.29 is 14.7 Å². The lowest BCUT2D eigenvalue weighted by Crippen LogP contribution is -2.32. The Morgan fingerprint density at radius 2 is 1.71 bits per heavy atom.